The number of hydrogen-bond acceptors (Lipinski definition) is 2. The Morgan fingerprint density at radius 1 is 1.24 bits per heavy atom. The molecule has 0 saturated carbocycles. The lowest BCUT2D eigenvalue weighted by Crippen LogP contribution is -2.13. The van der Waals surface area contributed by atoms with Crippen molar-refractivity contribution in [2.24, 2.45) is 0 Å². The fourth-order valence-electron chi connectivity index (χ4n) is 1.58. The van der Waals surface area contributed by atoms with Gasteiger partial charge in [0.15, 0.2) is 0 Å². The highest BCUT2D eigenvalue weighted by Gasteiger charge is 2.32. The molecule has 91 valence electrons. The second-order valence-electron chi connectivity index (χ2n) is 3.41. The number of benzene rings is 1. The van der Waals surface area contributed by atoms with Crippen molar-refractivity contribution in [1.82, 2.24) is 0 Å². The van der Waals surface area contributed by atoms with Crippen molar-refractivity contribution in [1.29, 1.82) is 0 Å². The Morgan fingerprint density at radius 2 is 1.88 bits per heavy atom. The minimum atomic E-state index is -4.88. The van der Waals surface area contributed by atoms with Crippen LogP contribution in [0.4, 0.5) is 17.6 Å². The molecule has 0 N–H and O–H groups in total. The van der Waals surface area contributed by atoms with Gasteiger partial charge >= 0.3 is 5.76 Å². The molecule has 2 rings (SSSR count). The average Bonchev–Trinajstić information content (AvgIpc) is 2.60. The van der Waals surface area contributed by atoms with Crippen LogP contribution in [-0.4, -0.2) is 14.2 Å². The van der Waals surface area contributed by atoms with Crippen LogP contribution in [0.5, 0.6) is 0 Å². The predicted molar refractivity (Wildman–Crippen MR) is 50.3 cm³/mol. The van der Waals surface area contributed by atoms with E-state index in [1.54, 1.807) is 0 Å². The number of hydrogen-bond donors (Lipinski definition) is 0. The molecule has 17 heavy (non-hydrogen) atoms. The van der Waals surface area contributed by atoms with E-state index in [0.717, 1.165) is 6.07 Å². The zero-order valence-electron chi connectivity index (χ0n) is 8.18. The molecule has 1 aliphatic rings. The summed E-state index contributed by atoms with van der Waals surface area (Å²) in [5.74, 6) is -5.35. The van der Waals surface area contributed by atoms with Crippen LogP contribution >= 0.6 is 0 Å². The van der Waals surface area contributed by atoms with E-state index in [-0.39, 0.29) is 5.56 Å². The molecule has 0 spiro atoms. The van der Waals surface area contributed by atoms with Crippen molar-refractivity contribution in [3.05, 3.63) is 41.0 Å². The van der Waals surface area contributed by atoms with Crippen molar-refractivity contribution in [2.45, 2.75) is 17.1 Å². The molecule has 0 aromatic heterocycles. The number of halogens is 4. The highest BCUT2D eigenvalue weighted by Crippen LogP contribution is 2.33. The maximum Gasteiger partial charge on any atom is 0.341 e. The monoisotopic (exact) mass is 265 g/mol. The fraction of sp³-hybridized carbons (Fsp3) is 0.200. The summed E-state index contributed by atoms with van der Waals surface area (Å²) in [5, 5.41) is 0. The smallest absolute Gasteiger partial charge is 0.218 e. The first-order valence-electron chi connectivity index (χ1n) is 4.46. The molecule has 0 amide bonds. The Balaban J connectivity index is 2.71. The molecule has 2 nitrogen and oxygen atoms in total. The van der Waals surface area contributed by atoms with Crippen LogP contribution in [0.1, 0.15) is 11.1 Å². The summed E-state index contributed by atoms with van der Waals surface area (Å²) in [6, 6.07) is 1.43. The lowest BCUT2D eigenvalue weighted by atomic mass is 10.1. The van der Waals surface area contributed by atoms with Gasteiger partial charge in [-0.1, -0.05) is 0 Å². The van der Waals surface area contributed by atoms with Gasteiger partial charge in [-0.2, -0.15) is 8.78 Å². The second-order valence-corrected chi connectivity index (χ2v) is 5.30. The van der Waals surface area contributed by atoms with Crippen LogP contribution < -0.4 is 0 Å². The maximum absolute atomic E-state index is 13.2. The zero-order chi connectivity index (χ0) is 12.8. The predicted octanol–water partition coefficient (Wildman–Crippen LogP) is 2.38. The van der Waals surface area contributed by atoms with Gasteiger partial charge < -0.3 is 0 Å². The van der Waals surface area contributed by atoms with Crippen LogP contribution in [-0.2, 0) is 16.3 Å². The van der Waals surface area contributed by atoms with Crippen molar-refractivity contribution in [2.75, 3.05) is 0 Å². The first kappa shape index (κ1) is 12.1. The van der Waals surface area contributed by atoms with Crippen LogP contribution in [0.15, 0.2) is 22.9 Å². The average molecular weight is 265 g/mol. The number of alkyl halides is 2. The van der Waals surface area contributed by atoms with E-state index >= 15 is 0 Å². The van der Waals surface area contributed by atoms with Crippen LogP contribution in [0.25, 0.3) is 0 Å². The van der Waals surface area contributed by atoms with Gasteiger partial charge in [-0.25, -0.2) is 17.2 Å². The third-order valence-electron chi connectivity index (χ3n) is 2.35. The quantitative estimate of drug-likeness (QED) is 0.607. The van der Waals surface area contributed by atoms with Gasteiger partial charge in [0.25, 0.3) is 0 Å². The van der Waals surface area contributed by atoms with Gasteiger partial charge in [0.1, 0.15) is 11.6 Å². The highest BCUT2D eigenvalue weighted by molar-refractivity contribution is 7.91. The Hall–Kier alpha value is -1.37. The van der Waals surface area contributed by atoms with Crippen molar-refractivity contribution in [3.63, 3.8) is 0 Å². The van der Waals surface area contributed by atoms with Crippen molar-refractivity contribution >= 4 is 9.84 Å². The second kappa shape index (κ2) is 3.83. The van der Waals surface area contributed by atoms with E-state index in [2.05, 4.69) is 0 Å². The molecule has 0 fully saturated rings. The van der Waals surface area contributed by atoms with Crippen LogP contribution in [0.3, 0.4) is 0 Å². The normalized spacial score (nSPS) is 15.0. The molecule has 0 aliphatic heterocycles. The molecule has 1 aliphatic carbocycles. The standard InChI is InChI=1S/C10H5F4O2S/c11-5-3-6-7(4-5)9(2-1-8(6)12)17(15,16)10(13)14/h1-2,10H,3H2. The number of fused-ring (bicyclic) bond motifs is 1. The first-order chi connectivity index (χ1) is 7.84. The minimum Gasteiger partial charge on any atom is -0.218 e. The molecule has 7 heteroatoms. The lowest BCUT2D eigenvalue weighted by molar-refractivity contribution is 0.234. The molecule has 0 heterocycles. The van der Waals surface area contributed by atoms with E-state index in [0.29, 0.717) is 6.07 Å². The topological polar surface area (TPSA) is 34.1 Å². The van der Waals surface area contributed by atoms with Gasteiger partial charge in [0, 0.05) is 23.6 Å². The van der Waals surface area contributed by atoms with E-state index in [4.69, 9.17) is 0 Å². The third-order valence-corrected chi connectivity index (χ3v) is 3.77. The molecular weight excluding hydrogens is 260 g/mol. The SMILES string of the molecule is O=S(=O)(c1ccc(F)c2c1[C]=C(F)C2)C(F)F. The number of sulfone groups is 1. The van der Waals surface area contributed by atoms with Crippen molar-refractivity contribution < 1.29 is 26.0 Å². The molecule has 0 atom stereocenters. The first-order valence-corrected chi connectivity index (χ1v) is 6.00. The van der Waals surface area contributed by atoms with E-state index in [1.807, 2.05) is 6.08 Å². The molecule has 0 unspecified atom stereocenters. The van der Waals surface area contributed by atoms with Crippen LogP contribution in [0, 0.1) is 11.9 Å². The van der Waals surface area contributed by atoms with Gasteiger partial charge in [0.2, 0.25) is 9.84 Å². The molecular formula is C10H5F4O2S. The van der Waals surface area contributed by atoms with Gasteiger partial charge in [-0.3, -0.25) is 0 Å². The van der Waals surface area contributed by atoms with Crippen molar-refractivity contribution in [3.8, 4) is 0 Å². The van der Waals surface area contributed by atoms with E-state index in [9.17, 15) is 26.0 Å². The lowest BCUT2D eigenvalue weighted by Gasteiger charge is -2.08. The van der Waals surface area contributed by atoms with E-state index < -0.39 is 44.1 Å². The summed E-state index contributed by atoms with van der Waals surface area (Å²) in [5.41, 5.74) is -0.702. The summed E-state index contributed by atoms with van der Waals surface area (Å²) in [6.07, 6.45) is 1.50. The van der Waals surface area contributed by atoms with Gasteiger partial charge in [-0.05, 0) is 12.1 Å². The highest BCUT2D eigenvalue weighted by atomic mass is 32.2. The zero-order valence-corrected chi connectivity index (χ0v) is 8.99. The Bertz CT molecular complexity index is 605. The van der Waals surface area contributed by atoms with Gasteiger partial charge in [0.05, 0.1) is 4.90 Å². The van der Waals surface area contributed by atoms with E-state index in [1.165, 1.54) is 0 Å². The summed E-state index contributed by atoms with van der Waals surface area (Å²) in [4.78, 5) is -0.795. The summed E-state index contributed by atoms with van der Waals surface area (Å²) in [7, 11) is -4.88. The number of rotatable bonds is 2. The summed E-state index contributed by atoms with van der Waals surface area (Å²) >= 11 is 0. The molecule has 0 saturated heterocycles. The maximum atomic E-state index is 13.2. The molecule has 1 radical (unpaired) electrons. The number of allylic oxidation sites excluding steroid dienone is 1. The third kappa shape index (κ3) is 1.84. The molecule has 1 aromatic rings. The van der Waals surface area contributed by atoms with Crippen LogP contribution in [0.2, 0.25) is 0 Å². The van der Waals surface area contributed by atoms with Gasteiger partial charge in [-0.15, -0.1) is 0 Å². The summed E-state index contributed by atoms with van der Waals surface area (Å²) in [6.45, 7) is 0. The summed E-state index contributed by atoms with van der Waals surface area (Å²) < 4.78 is 73.4. The molecule has 0 bridgehead atoms. The Kier molecular flexibility index (Phi) is 2.73. The Morgan fingerprint density at radius 3 is 2.47 bits per heavy atom. The largest absolute Gasteiger partial charge is 0.341 e. The fourth-order valence-corrected chi connectivity index (χ4v) is 2.49. The molecule has 1 aromatic carbocycles. The Labute approximate surface area is 94.5 Å². The minimum absolute atomic E-state index is 0.260.